The highest BCUT2D eigenvalue weighted by Gasteiger charge is 2.37. The number of carbonyl (C=O) groups is 3. The molecule has 0 fully saturated rings. The Morgan fingerprint density at radius 1 is 1.08 bits per heavy atom. The molecule has 0 unspecified atom stereocenters. The highest BCUT2D eigenvalue weighted by molar-refractivity contribution is 6.08. The van der Waals surface area contributed by atoms with E-state index in [1.165, 1.54) is 18.9 Å². The molecular weight excluding hydrogens is 320 g/mol. The molecule has 0 bridgehead atoms. The van der Waals surface area contributed by atoms with E-state index < -0.39 is 12.0 Å². The molecule has 1 atom stereocenters. The van der Waals surface area contributed by atoms with Crippen LogP contribution in [-0.4, -0.2) is 30.9 Å². The third-order valence-electron chi connectivity index (χ3n) is 4.21. The van der Waals surface area contributed by atoms with Gasteiger partial charge in [0.25, 0.3) is 0 Å². The molecule has 25 heavy (non-hydrogen) atoms. The average molecular weight is 338 g/mol. The Balaban J connectivity index is 1.88. The Hall–Kier alpha value is -3.15. The molecule has 0 saturated heterocycles. The SMILES string of the molecule is COC(=O)c1ccccc1NC(=O)[C@@H]1Cc2ccccc2N1C(C)=O. The molecule has 2 amide bonds. The Bertz CT molecular complexity index is 847. The zero-order chi connectivity index (χ0) is 18.0. The fourth-order valence-corrected chi connectivity index (χ4v) is 3.08. The molecule has 128 valence electrons. The molecule has 3 rings (SSSR count). The summed E-state index contributed by atoms with van der Waals surface area (Å²) in [5.41, 5.74) is 2.32. The summed E-state index contributed by atoms with van der Waals surface area (Å²) in [5.74, 6) is -1.08. The Morgan fingerprint density at radius 3 is 2.48 bits per heavy atom. The van der Waals surface area contributed by atoms with Gasteiger partial charge in [0.15, 0.2) is 0 Å². The highest BCUT2D eigenvalue weighted by Crippen LogP contribution is 2.32. The summed E-state index contributed by atoms with van der Waals surface area (Å²) in [5, 5.41) is 2.75. The van der Waals surface area contributed by atoms with Crippen LogP contribution in [0.15, 0.2) is 48.5 Å². The van der Waals surface area contributed by atoms with Crippen molar-refractivity contribution < 1.29 is 19.1 Å². The molecule has 1 heterocycles. The predicted molar refractivity (Wildman–Crippen MR) is 93.5 cm³/mol. The lowest BCUT2D eigenvalue weighted by Gasteiger charge is -2.23. The maximum atomic E-state index is 12.8. The number of fused-ring (bicyclic) bond motifs is 1. The molecule has 6 nitrogen and oxygen atoms in total. The van der Waals surface area contributed by atoms with Crippen molar-refractivity contribution in [2.75, 3.05) is 17.3 Å². The van der Waals surface area contributed by atoms with Crippen LogP contribution in [0.5, 0.6) is 0 Å². The standard InChI is InChI=1S/C19H18N2O4/c1-12(22)21-16-10-6-3-7-13(16)11-17(21)18(23)20-15-9-5-4-8-14(15)19(24)25-2/h3-10,17H,11H2,1-2H3,(H,20,23)/t17-/m0/s1. The first-order chi connectivity index (χ1) is 12.0. The van der Waals surface area contributed by atoms with Crippen molar-refractivity contribution in [1.29, 1.82) is 0 Å². The smallest absolute Gasteiger partial charge is 0.339 e. The number of amides is 2. The Morgan fingerprint density at radius 2 is 1.76 bits per heavy atom. The number of ether oxygens (including phenoxy) is 1. The largest absolute Gasteiger partial charge is 0.465 e. The second-order valence-corrected chi connectivity index (χ2v) is 5.76. The number of para-hydroxylation sites is 2. The Labute approximate surface area is 145 Å². The number of nitrogens with zero attached hydrogens (tertiary/aromatic N) is 1. The summed E-state index contributed by atoms with van der Waals surface area (Å²) in [4.78, 5) is 38.2. The van der Waals surface area contributed by atoms with Gasteiger partial charge in [-0.15, -0.1) is 0 Å². The number of methoxy groups -OCH3 is 1. The molecule has 2 aromatic rings. The van der Waals surface area contributed by atoms with Crippen molar-refractivity contribution in [2.24, 2.45) is 0 Å². The van der Waals surface area contributed by atoms with E-state index in [9.17, 15) is 14.4 Å². The topological polar surface area (TPSA) is 75.7 Å². The second-order valence-electron chi connectivity index (χ2n) is 5.76. The monoisotopic (exact) mass is 338 g/mol. The van der Waals surface area contributed by atoms with Gasteiger partial charge in [-0.2, -0.15) is 0 Å². The van der Waals surface area contributed by atoms with Crippen LogP contribution in [0.3, 0.4) is 0 Å². The maximum Gasteiger partial charge on any atom is 0.339 e. The first-order valence-electron chi connectivity index (χ1n) is 7.89. The molecule has 6 heteroatoms. The number of esters is 1. The van der Waals surface area contributed by atoms with E-state index in [1.54, 1.807) is 24.3 Å². The molecule has 1 aliphatic rings. The van der Waals surface area contributed by atoms with Crippen molar-refractivity contribution in [2.45, 2.75) is 19.4 Å². The fourth-order valence-electron chi connectivity index (χ4n) is 3.08. The average Bonchev–Trinajstić information content (AvgIpc) is 3.01. The van der Waals surface area contributed by atoms with Gasteiger partial charge in [0.05, 0.1) is 18.4 Å². The summed E-state index contributed by atoms with van der Waals surface area (Å²) in [6.45, 7) is 1.44. The Kier molecular flexibility index (Phi) is 4.52. The van der Waals surface area contributed by atoms with Gasteiger partial charge in [-0.25, -0.2) is 4.79 Å². The number of carbonyl (C=O) groups excluding carboxylic acids is 3. The van der Waals surface area contributed by atoms with Crippen LogP contribution in [-0.2, 0) is 20.7 Å². The molecule has 1 aliphatic heterocycles. The number of hydrogen-bond donors (Lipinski definition) is 1. The number of nitrogens with one attached hydrogen (secondary N) is 1. The van der Waals surface area contributed by atoms with Gasteiger partial charge in [0.1, 0.15) is 6.04 Å². The number of anilines is 2. The van der Waals surface area contributed by atoms with E-state index in [0.717, 1.165) is 11.3 Å². The maximum absolute atomic E-state index is 12.8. The van der Waals surface area contributed by atoms with Crippen molar-refractivity contribution in [3.8, 4) is 0 Å². The van der Waals surface area contributed by atoms with E-state index in [1.807, 2.05) is 24.3 Å². The molecule has 0 aliphatic carbocycles. The molecule has 0 saturated carbocycles. The minimum Gasteiger partial charge on any atom is -0.465 e. The highest BCUT2D eigenvalue weighted by atomic mass is 16.5. The van der Waals surface area contributed by atoms with Crippen molar-refractivity contribution in [1.82, 2.24) is 0 Å². The van der Waals surface area contributed by atoms with Gasteiger partial charge in [-0.05, 0) is 23.8 Å². The van der Waals surface area contributed by atoms with Crippen LogP contribution in [0.25, 0.3) is 0 Å². The fraction of sp³-hybridized carbons (Fsp3) is 0.211. The summed E-state index contributed by atoms with van der Waals surface area (Å²) >= 11 is 0. The van der Waals surface area contributed by atoms with Crippen LogP contribution in [0.2, 0.25) is 0 Å². The van der Waals surface area contributed by atoms with Crippen LogP contribution in [0.4, 0.5) is 11.4 Å². The molecular formula is C19H18N2O4. The van der Waals surface area contributed by atoms with Crippen molar-refractivity contribution in [3.05, 3.63) is 59.7 Å². The summed E-state index contributed by atoms with van der Waals surface area (Å²) in [6, 6.07) is 13.4. The van der Waals surface area contributed by atoms with Crippen molar-refractivity contribution in [3.63, 3.8) is 0 Å². The second kappa shape index (κ2) is 6.76. The molecule has 0 radical (unpaired) electrons. The lowest BCUT2D eigenvalue weighted by molar-refractivity contribution is -0.122. The minimum atomic E-state index is -0.652. The van der Waals surface area contributed by atoms with E-state index in [0.29, 0.717) is 12.1 Å². The summed E-state index contributed by atoms with van der Waals surface area (Å²) < 4.78 is 4.74. The molecule has 2 aromatic carbocycles. The summed E-state index contributed by atoms with van der Waals surface area (Å²) in [7, 11) is 1.28. The lowest BCUT2D eigenvalue weighted by Crippen LogP contribution is -2.44. The van der Waals surface area contributed by atoms with Crippen LogP contribution in [0.1, 0.15) is 22.8 Å². The van der Waals surface area contributed by atoms with E-state index in [2.05, 4.69) is 5.32 Å². The van der Waals surface area contributed by atoms with Gasteiger partial charge < -0.3 is 10.1 Å². The van der Waals surface area contributed by atoms with E-state index in [4.69, 9.17) is 4.74 Å². The predicted octanol–water partition coefficient (Wildman–Crippen LogP) is 2.39. The first-order valence-corrected chi connectivity index (χ1v) is 7.89. The number of hydrogen-bond acceptors (Lipinski definition) is 4. The van der Waals surface area contributed by atoms with Gasteiger partial charge in [0.2, 0.25) is 11.8 Å². The zero-order valence-corrected chi connectivity index (χ0v) is 14.0. The summed E-state index contributed by atoms with van der Waals surface area (Å²) in [6.07, 6.45) is 0.433. The minimum absolute atomic E-state index is 0.202. The molecule has 0 aromatic heterocycles. The van der Waals surface area contributed by atoms with Crippen LogP contribution in [0, 0.1) is 0 Å². The van der Waals surface area contributed by atoms with E-state index >= 15 is 0 Å². The number of rotatable bonds is 3. The van der Waals surface area contributed by atoms with Crippen molar-refractivity contribution >= 4 is 29.2 Å². The lowest BCUT2D eigenvalue weighted by atomic mass is 10.1. The van der Waals surface area contributed by atoms with Gasteiger partial charge in [-0.1, -0.05) is 30.3 Å². The third kappa shape index (κ3) is 3.10. The van der Waals surface area contributed by atoms with Gasteiger partial charge in [-0.3, -0.25) is 14.5 Å². The zero-order valence-electron chi connectivity index (χ0n) is 14.0. The van der Waals surface area contributed by atoms with Gasteiger partial charge in [0, 0.05) is 19.0 Å². The van der Waals surface area contributed by atoms with Crippen LogP contribution >= 0.6 is 0 Å². The third-order valence-corrected chi connectivity index (χ3v) is 4.21. The quantitative estimate of drug-likeness (QED) is 0.872. The number of benzene rings is 2. The normalized spacial score (nSPS) is 15.4. The molecule has 1 N–H and O–H groups in total. The van der Waals surface area contributed by atoms with Crippen LogP contribution < -0.4 is 10.2 Å². The molecule has 0 spiro atoms. The first kappa shape index (κ1) is 16.7. The van der Waals surface area contributed by atoms with E-state index in [-0.39, 0.29) is 17.4 Å². The van der Waals surface area contributed by atoms with Gasteiger partial charge >= 0.3 is 5.97 Å².